The molecule has 0 heterocycles. The number of nitrogens with one attached hydrogen (secondary N) is 2. The van der Waals surface area contributed by atoms with Crippen molar-refractivity contribution in [2.45, 2.75) is 38.3 Å². The normalized spacial score (nSPS) is 13.1. The lowest BCUT2D eigenvalue weighted by Gasteiger charge is -2.16. The van der Waals surface area contributed by atoms with Crippen molar-refractivity contribution in [1.29, 1.82) is 0 Å². The van der Waals surface area contributed by atoms with Crippen LogP contribution < -0.4 is 16.4 Å². The van der Waals surface area contributed by atoms with E-state index in [-0.39, 0.29) is 30.9 Å². The minimum Gasteiger partial charge on any atom is -0.480 e. The molecule has 0 radical (unpaired) electrons. The Bertz CT molecular complexity index is 402. The molecule has 2 amide bonds. The summed E-state index contributed by atoms with van der Waals surface area (Å²) in [6.45, 7) is 1.58. The number of thiol groups is 1. The molecule has 9 heteroatoms. The molecule has 0 aromatic heterocycles. The average Bonchev–Trinajstić information content (AvgIpc) is 2.46. The van der Waals surface area contributed by atoms with Crippen LogP contribution in [0.5, 0.6) is 0 Å². The monoisotopic (exact) mass is 319 g/mol. The highest BCUT2D eigenvalue weighted by molar-refractivity contribution is 7.80. The zero-order valence-corrected chi connectivity index (χ0v) is 12.7. The number of nitrogens with two attached hydrogens (primary N) is 1. The summed E-state index contributed by atoms with van der Waals surface area (Å²) in [5.41, 5.74) is 5.27. The Labute approximate surface area is 128 Å². The Balaban J connectivity index is 4.23. The average molecular weight is 319 g/mol. The number of aliphatic carboxylic acids is 1. The summed E-state index contributed by atoms with van der Waals surface area (Å²) in [6, 6.07) is -2.01. The van der Waals surface area contributed by atoms with Crippen molar-refractivity contribution in [3.05, 3.63) is 0 Å². The number of amides is 2. The van der Waals surface area contributed by atoms with Gasteiger partial charge in [0.15, 0.2) is 5.78 Å². The number of hydrogen-bond donors (Lipinski definition) is 5. The second kappa shape index (κ2) is 10.2. The van der Waals surface area contributed by atoms with Crippen molar-refractivity contribution < 1.29 is 24.3 Å². The summed E-state index contributed by atoms with van der Waals surface area (Å²) in [5.74, 6) is -2.27. The first-order valence-electron chi connectivity index (χ1n) is 6.49. The first-order chi connectivity index (χ1) is 9.81. The van der Waals surface area contributed by atoms with Crippen molar-refractivity contribution in [3.8, 4) is 0 Å². The van der Waals surface area contributed by atoms with E-state index in [9.17, 15) is 19.2 Å². The molecule has 0 aliphatic carbocycles. The van der Waals surface area contributed by atoms with Gasteiger partial charge in [0, 0.05) is 18.6 Å². The Morgan fingerprint density at radius 1 is 1.29 bits per heavy atom. The second-order valence-electron chi connectivity index (χ2n) is 4.40. The maximum atomic E-state index is 11.7. The zero-order chi connectivity index (χ0) is 16.4. The zero-order valence-electron chi connectivity index (χ0n) is 11.8. The Kier molecular flexibility index (Phi) is 9.39. The van der Waals surface area contributed by atoms with Gasteiger partial charge in [0.1, 0.15) is 12.1 Å². The van der Waals surface area contributed by atoms with Crippen molar-refractivity contribution in [1.82, 2.24) is 10.6 Å². The fourth-order valence-electron chi connectivity index (χ4n) is 1.30. The van der Waals surface area contributed by atoms with Gasteiger partial charge in [-0.15, -0.1) is 0 Å². The van der Waals surface area contributed by atoms with E-state index in [1.165, 1.54) is 0 Å². The van der Waals surface area contributed by atoms with Gasteiger partial charge in [-0.05, 0) is 6.42 Å². The van der Waals surface area contributed by atoms with Crippen LogP contribution in [0.25, 0.3) is 0 Å². The van der Waals surface area contributed by atoms with Gasteiger partial charge in [-0.3, -0.25) is 19.2 Å². The first-order valence-corrected chi connectivity index (χ1v) is 7.13. The van der Waals surface area contributed by atoms with E-state index in [4.69, 9.17) is 10.8 Å². The highest BCUT2D eigenvalue weighted by Crippen LogP contribution is 1.97. The van der Waals surface area contributed by atoms with Gasteiger partial charge in [0.25, 0.3) is 0 Å². The van der Waals surface area contributed by atoms with Crippen LogP contribution >= 0.6 is 12.6 Å². The lowest BCUT2D eigenvalue weighted by Crippen LogP contribution is -2.49. The summed E-state index contributed by atoms with van der Waals surface area (Å²) >= 11 is 3.96. The molecule has 5 N–H and O–H groups in total. The van der Waals surface area contributed by atoms with Gasteiger partial charge in [-0.1, -0.05) is 6.92 Å². The molecular formula is C12H21N3O5S. The molecule has 0 saturated carbocycles. The molecular weight excluding hydrogens is 298 g/mol. The third kappa shape index (κ3) is 8.30. The highest BCUT2D eigenvalue weighted by Gasteiger charge is 2.20. The number of ketones is 1. The predicted octanol–water partition coefficient (Wildman–Crippen LogP) is -1.31. The van der Waals surface area contributed by atoms with Gasteiger partial charge in [-0.2, -0.15) is 12.6 Å². The van der Waals surface area contributed by atoms with Crippen LogP contribution in [-0.4, -0.2) is 53.1 Å². The largest absolute Gasteiger partial charge is 0.480 e. The van der Waals surface area contributed by atoms with Crippen LogP contribution in [0.4, 0.5) is 0 Å². The number of hydrogen-bond acceptors (Lipinski definition) is 6. The molecule has 2 unspecified atom stereocenters. The smallest absolute Gasteiger partial charge is 0.320 e. The minimum absolute atomic E-state index is 0.0314. The van der Waals surface area contributed by atoms with Gasteiger partial charge in [0.05, 0.1) is 6.54 Å². The molecule has 0 aliphatic rings. The number of Topliss-reactive ketones (excluding diaryl/α,β-unsaturated/α-hetero) is 1. The van der Waals surface area contributed by atoms with Crippen LogP contribution in [0.2, 0.25) is 0 Å². The molecule has 21 heavy (non-hydrogen) atoms. The number of carbonyl (C=O) groups is 4. The van der Waals surface area contributed by atoms with Crippen LogP contribution in [0, 0.1) is 0 Å². The predicted molar refractivity (Wildman–Crippen MR) is 78.9 cm³/mol. The lowest BCUT2D eigenvalue weighted by atomic mass is 10.1. The molecule has 0 aromatic rings. The van der Waals surface area contributed by atoms with E-state index in [0.717, 1.165) is 0 Å². The molecule has 0 fully saturated rings. The van der Waals surface area contributed by atoms with Gasteiger partial charge < -0.3 is 21.5 Å². The standard InChI is InChI=1S/C12H21N3O5S/c1-2-7(16)5-14-11(18)9(6-21)15-10(17)4-3-8(13)12(19)20/h8-9,21H,2-6,13H2,1H3,(H,14,18)(H,15,17)(H,19,20). The number of carbonyl (C=O) groups excluding carboxylic acids is 3. The van der Waals surface area contributed by atoms with Crippen LogP contribution in [0.15, 0.2) is 0 Å². The number of carboxylic acid groups (broad SMARTS) is 1. The summed E-state index contributed by atoms with van der Waals surface area (Å²) in [6.07, 6.45) is 0.167. The molecule has 0 spiro atoms. The van der Waals surface area contributed by atoms with Crippen LogP contribution in [-0.2, 0) is 19.2 Å². The number of rotatable bonds is 10. The molecule has 0 rings (SSSR count). The Morgan fingerprint density at radius 2 is 1.90 bits per heavy atom. The van der Waals surface area contributed by atoms with Crippen molar-refractivity contribution in [2.24, 2.45) is 5.73 Å². The topological polar surface area (TPSA) is 139 Å². The van der Waals surface area contributed by atoms with Gasteiger partial charge in [0.2, 0.25) is 11.8 Å². The summed E-state index contributed by atoms with van der Waals surface area (Å²) in [4.78, 5) is 44.9. The van der Waals surface area contributed by atoms with Gasteiger partial charge in [-0.25, -0.2) is 0 Å². The number of carboxylic acids is 1. The van der Waals surface area contributed by atoms with E-state index in [1.54, 1.807) is 6.92 Å². The molecule has 120 valence electrons. The fraction of sp³-hybridized carbons (Fsp3) is 0.667. The maximum Gasteiger partial charge on any atom is 0.320 e. The molecule has 8 nitrogen and oxygen atoms in total. The summed E-state index contributed by atoms with van der Waals surface area (Å²) in [7, 11) is 0. The molecule has 0 aromatic carbocycles. The Hall–Kier alpha value is -1.61. The molecule has 2 atom stereocenters. The maximum absolute atomic E-state index is 11.7. The van der Waals surface area contributed by atoms with Gasteiger partial charge >= 0.3 is 5.97 Å². The summed E-state index contributed by atoms with van der Waals surface area (Å²) in [5, 5.41) is 13.4. The molecule has 0 saturated heterocycles. The molecule has 0 aliphatic heterocycles. The van der Waals surface area contributed by atoms with Crippen molar-refractivity contribution >= 4 is 36.2 Å². The molecule has 0 bridgehead atoms. The van der Waals surface area contributed by atoms with Crippen LogP contribution in [0.1, 0.15) is 26.2 Å². The third-order valence-electron chi connectivity index (χ3n) is 2.69. The highest BCUT2D eigenvalue weighted by atomic mass is 32.1. The fourth-order valence-corrected chi connectivity index (χ4v) is 1.56. The van der Waals surface area contributed by atoms with Crippen molar-refractivity contribution in [2.75, 3.05) is 12.3 Å². The third-order valence-corrected chi connectivity index (χ3v) is 3.05. The summed E-state index contributed by atoms with van der Waals surface area (Å²) < 4.78 is 0. The van der Waals surface area contributed by atoms with Crippen molar-refractivity contribution in [3.63, 3.8) is 0 Å². The second-order valence-corrected chi connectivity index (χ2v) is 4.76. The van der Waals surface area contributed by atoms with Crippen LogP contribution in [0.3, 0.4) is 0 Å². The minimum atomic E-state index is -1.19. The first kappa shape index (κ1) is 19.4. The van der Waals surface area contributed by atoms with E-state index in [0.29, 0.717) is 6.42 Å². The van der Waals surface area contributed by atoms with E-state index in [1.807, 2.05) is 0 Å². The SMILES string of the molecule is CCC(=O)CNC(=O)C(CS)NC(=O)CCC(N)C(=O)O. The Morgan fingerprint density at radius 3 is 2.38 bits per heavy atom. The van der Waals surface area contributed by atoms with E-state index >= 15 is 0 Å². The lowest BCUT2D eigenvalue weighted by molar-refractivity contribution is -0.138. The van der Waals surface area contributed by atoms with E-state index in [2.05, 4.69) is 23.3 Å². The quantitative estimate of drug-likeness (QED) is 0.317. The van der Waals surface area contributed by atoms with E-state index < -0.39 is 29.9 Å².